The average Bonchev–Trinajstić information content (AvgIpc) is 3.14. The summed E-state index contributed by atoms with van der Waals surface area (Å²) in [5.74, 6) is 0.937. The van der Waals surface area contributed by atoms with Crippen molar-refractivity contribution in [2.75, 3.05) is 26.2 Å². The molecule has 0 aliphatic rings. The van der Waals surface area contributed by atoms with Crippen LogP contribution in [0, 0.1) is 0 Å². The second-order valence-electron chi connectivity index (χ2n) is 4.98. The predicted octanol–water partition coefficient (Wildman–Crippen LogP) is 4.41. The van der Waals surface area contributed by atoms with Crippen molar-refractivity contribution in [2.45, 2.75) is 26.3 Å². The lowest BCUT2D eigenvalue weighted by Gasteiger charge is -2.22. The molecule has 2 aromatic heterocycles. The van der Waals surface area contributed by atoms with Crippen molar-refractivity contribution in [3.63, 3.8) is 0 Å². The zero-order chi connectivity index (χ0) is 15.1. The molecule has 0 saturated heterocycles. The van der Waals surface area contributed by atoms with Gasteiger partial charge in [0.25, 0.3) is 0 Å². The molecule has 21 heavy (non-hydrogen) atoms. The summed E-state index contributed by atoms with van der Waals surface area (Å²) in [4.78, 5) is 3.64. The Hall–Kier alpha value is -0.810. The van der Waals surface area contributed by atoms with Crippen molar-refractivity contribution in [3.8, 4) is 0 Å². The molecule has 0 bridgehead atoms. The van der Waals surface area contributed by atoms with Crippen LogP contribution >= 0.6 is 22.9 Å². The molecule has 0 spiro atoms. The van der Waals surface area contributed by atoms with E-state index in [1.807, 2.05) is 18.2 Å². The Morgan fingerprint density at radius 3 is 2.71 bits per heavy atom. The van der Waals surface area contributed by atoms with Crippen LogP contribution in [0.3, 0.4) is 0 Å². The monoisotopic (exact) mass is 326 g/mol. The first-order valence-electron chi connectivity index (χ1n) is 7.49. The SMILES string of the molecule is CCCN(CC)CCNC(c1ccco1)c1ccc(Cl)s1. The fourth-order valence-corrected chi connectivity index (χ4v) is 3.54. The largest absolute Gasteiger partial charge is 0.467 e. The first-order valence-corrected chi connectivity index (χ1v) is 8.68. The van der Waals surface area contributed by atoms with E-state index in [4.69, 9.17) is 16.0 Å². The van der Waals surface area contributed by atoms with E-state index in [1.165, 1.54) is 11.3 Å². The van der Waals surface area contributed by atoms with E-state index in [2.05, 4.69) is 30.1 Å². The van der Waals surface area contributed by atoms with Crippen LogP contribution in [-0.2, 0) is 0 Å². The molecule has 2 heterocycles. The van der Waals surface area contributed by atoms with Gasteiger partial charge < -0.3 is 14.6 Å². The molecule has 3 nitrogen and oxygen atoms in total. The third kappa shape index (κ3) is 4.85. The highest BCUT2D eigenvalue weighted by molar-refractivity contribution is 7.16. The Balaban J connectivity index is 1.97. The van der Waals surface area contributed by atoms with Crippen LogP contribution < -0.4 is 5.32 Å². The predicted molar refractivity (Wildman–Crippen MR) is 90.3 cm³/mol. The summed E-state index contributed by atoms with van der Waals surface area (Å²) >= 11 is 7.66. The third-order valence-corrected chi connectivity index (χ3v) is 4.77. The molecule has 1 atom stereocenters. The lowest BCUT2D eigenvalue weighted by Crippen LogP contribution is -2.34. The second kappa shape index (κ2) is 8.59. The molecule has 0 aromatic carbocycles. The average molecular weight is 327 g/mol. The van der Waals surface area contributed by atoms with Crippen molar-refractivity contribution in [1.29, 1.82) is 0 Å². The molecular weight excluding hydrogens is 304 g/mol. The number of nitrogens with zero attached hydrogens (tertiary/aromatic N) is 1. The summed E-state index contributed by atoms with van der Waals surface area (Å²) in [6.45, 7) is 8.63. The summed E-state index contributed by atoms with van der Waals surface area (Å²) in [6, 6.07) is 8.02. The van der Waals surface area contributed by atoms with Crippen LogP contribution in [0.4, 0.5) is 0 Å². The van der Waals surface area contributed by atoms with Crippen molar-refractivity contribution >= 4 is 22.9 Å². The maximum atomic E-state index is 6.07. The molecule has 1 N–H and O–H groups in total. The van der Waals surface area contributed by atoms with E-state index < -0.39 is 0 Å². The van der Waals surface area contributed by atoms with Crippen LogP contribution in [0.2, 0.25) is 4.34 Å². The maximum absolute atomic E-state index is 6.07. The standard InChI is InChI=1S/C16H23ClN2OS/c1-3-10-19(4-2)11-9-18-16(13-6-5-12-20-13)14-7-8-15(17)21-14/h5-8,12,16,18H,3-4,9-11H2,1-2H3. The highest BCUT2D eigenvalue weighted by Crippen LogP contribution is 2.31. The number of furan rings is 1. The summed E-state index contributed by atoms with van der Waals surface area (Å²) in [5.41, 5.74) is 0. The van der Waals surface area contributed by atoms with Crippen LogP contribution in [-0.4, -0.2) is 31.1 Å². The van der Waals surface area contributed by atoms with Gasteiger partial charge in [0.2, 0.25) is 0 Å². The topological polar surface area (TPSA) is 28.4 Å². The quantitative estimate of drug-likeness (QED) is 0.740. The van der Waals surface area contributed by atoms with Gasteiger partial charge >= 0.3 is 0 Å². The molecular formula is C16H23ClN2OS. The van der Waals surface area contributed by atoms with E-state index in [0.29, 0.717) is 0 Å². The van der Waals surface area contributed by atoms with Gasteiger partial charge in [-0.15, -0.1) is 11.3 Å². The molecule has 1 unspecified atom stereocenters. The molecule has 0 radical (unpaired) electrons. The van der Waals surface area contributed by atoms with E-state index in [9.17, 15) is 0 Å². The number of likely N-dealkylation sites (N-methyl/N-ethyl adjacent to an activating group) is 1. The minimum atomic E-state index is 0.0813. The lowest BCUT2D eigenvalue weighted by atomic mass is 10.2. The molecule has 0 fully saturated rings. The maximum Gasteiger partial charge on any atom is 0.126 e. The number of thiophene rings is 1. The van der Waals surface area contributed by atoms with Crippen LogP contribution in [0.25, 0.3) is 0 Å². The summed E-state index contributed by atoms with van der Waals surface area (Å²) in [5, 5.41) is 3.59. The first kappa shape index (κ1) is 16.6. The number of hydrogen-bond acceptors (Lipinski definition) is 4. The van der Waals surface area contributed by atoms with E-state index >= 15 is 0 Å². The number of halogens is 1. The third-order valence-electron chi connectivity index (χ3n) is 3.47. The minimum absolute atomic E-state index is 0.0813. The van der Waals surface area contributed by atoms with Crippen LogP contribution in [0.15, 0.2) is 34.9 Å². The Morgan fingerprint density at radius 2 is 2.14 bits per heavy atom. The molecule has 2 rings (SSSR count). The van der Waals surface area contributed by atoms with Gasteiger partial charge in [0.05, 0.1) is 10.6 Å². The second-order valence-corrected chi connectivity index (χ2v) is 6.73. The molecule has 0 amide bonds. The first-order chi connectivity index (χ1) is 10.2. The summed E-state index contributed by atoms with van der Waals surface area (Å²) in [7, 11) is 0. The number of rotatable bonds is 9. The Morgan fingerprint density at radius 1 is 1.29 bits per heavy atom. The van der Waals surface area contributed by atoms with Gasteiger partial charge in [0.15, 0.2) is 0 Å². The van der Waals surface area contributed by atoms with Gasteiger partial charge in [-0.1, -0.05) is 25.4 Å². The molecule has 0 aliphatic heterocycles. The Labute approximate surface area is 135 Å². The van der Waals surface area contributed by atoms with E-state index in [1.54, 1.807) is 17.6 Å². The Kier molecular flexibility index (Phi) is 6.77. The fraction of sp³-hybridized carbons (Fsp3) is 0.500. The highest BCUT2D eigenvalue weighted by atomic mass is 35.5. The highest BCUT2D eigenvalue weighted by Gasteiger charge is 2.18. The molecule has 0 saturated carbocycles. The minimum Gasteiger partial charge on any atom is -0.467 e. The van der Waals surface area contributed by atoms with Gasteiger partial charge in [-0.25, -0.2) is 0 Å². The van der Waals surface area contributed by atoms with E-state index in [-0.39, 0.29) is 6.04 Å². The van der Waals surface area contributed by atoms with Crippen molar-refractivity contribution < 1.29 is 4.42 Å². The number of nitrogens with one attached hydrogen (secondary N) is 1. The zero-order valence-electron chi connectivity index (χ0n) is 12.6. The van der Waals surface area contributed by atoms with Gasteiger partial charge in [-0.2, -0.15) is 0 Å². The van der Waals surface area contributed by atoms with Crippen molar-refractivity contribution in [1.82, 2.24) is 10.2 Å². The zero-order valence-corrected chi connectivity index (χ0v) is 14.2. The van der Waals surface area contributed by atoms with E-state index in [0.717, 1.165) is 36.3 Å². The smallest absolute Gasteiger partial charge is 0.126 e. The van der Waals surface area contributed by atoms with Gasteiger partial charge in [0, 0.05) is 18.0 Å². The molecule has 116 valence electrons. The fourth-order valence-electron chi connectivity index (χ4n) is 2.39. The molecule has 5 heteroatoms. The van der Waals surface area contributed by atoms with Crippen molar-refractivity contribution in [2.24, 2.45) is 0 Å². The molecule has 2 aromatic rings. The van der Waals surface area contributed by atoms with Crippen LogP contribution in [0.5, 0.6) is 0 Å². The normalized spacial score (nSPS) is 13.0. The van der Waals surface area contributed by atoms with Crippen LogP contribution in [0.1, 0.15) is 36.9 Å². The van der Waals surface area contributed by atoms with Gasteiger partial charge in [-0.3, -0.25) is 0 Å². The number of hydrogen-bond donors (Lipinski definition) is 1. The molecule has 0 aliphatic carbocycles. The Bertz CT molecular complexity index is 512. The summed E-state index contributed by atoms with van der Waals surface area (Å²) in [6.07, 6.45) is 2.91. The lowest BCUT2D eigenvalue weighted by molar-refractivity contribution is 0.283. The van der Waals surface area contributed by atoms with Crippen molar-refractivity contribution in [3.05, 3.63) is 45.5 Å². The summed E-state index contributed by atoms with van der Waals surface area (Å²) < 4.78 is 6.39. The van der Waals surface area contributed by atoms with Gasteiger partial charge in [0.1, 0.15) is 11.8 Å². The van der Waals surface area contributed by atoms with Gasteiger partial charge in [-0.05, 0) is 43.8 Å².